The maximum atomic E-state index is 5.32. The summed E-state index contributed by atoms with van der Waals surface area (Å²) in [7, 11) is 3.47. The molecule has 0 saturated carbocycles. The third-order valence-corrected chi connectivity index (χ3v) is 2.78. The van der Waals surface area contributed by atoms with Crippen LogP contribution in [0, 0.1) is 0 Å². The van der Waals surface area contributed by atoms with Crippen molar-refractivity contribution in [2.24, 2.45) is 0 Å². The van der Waals surface area contributed by atoms with E-state index in [0.29, 0.717) is 12.5 Å². The fourth-order valence-corrected chi connectivity index (χ4v) is 1.31. The van der Waals surface area contributed by atoms with Gasteiger partial charge in [-0.15, -0.1) is 0 Å². The zero-order chi connectivity index (χ0) is 12.2. The molecule has 0 aromatic carbocycles. The van der Waals surface area contributed by atoms with Crippen LogP contribution in [0.15, 0.2) is 10.7 Å². The minimum atomic E-state index is -0.232. The normalized spacial score (nSPS) is 11.3. The SMILES string of the molecule is CNc1ncc(Br)c(NCC(C)(C)OC)n1. The van der Waals surface area contributed by atoms with Gasteiger partial charge in [0.1, 0.15) is 5.82 Å². The Morgan fingerprint density at radius 1 is 1.50 bits per heavy atom. The molecule has 5 nitrogen and oxygen atoms in total. The van der Waals surface area contributed by atoms with Gasteiger partial charge < -0.3 is 15.4 Å². The predicted octanol–water partition coefficient (Wildman–Crippen LogP) is 2.12. The summed E-state index contributed by atoms with van der Waals surface area (Å²) < 4.78 is 6.15. The van der Waals surface area contributed by atoms with E-state index in [1.54, 1.807) is 20.4 Å². The third kappa shape index (κ3) is 3.61. The molecule has 2 N–H and O–H groups in total. The second-order valence-electron chi connectivity index (χ2n) is 3.96. The van der Waals surface area contributed by atoms with E-state index < -0.39 is 0 Å². The largest absolute Gasteiger partial charge is 0.377 e. The number of methoxy groups -OCH3 is 1. The molecule has 0 radical (unpaired) electrons. The Hall–Kier alpha value is -0.880. The first-order valence-electron chi connectivity index (χ1n) is 4.98. The van der Waals surface area contributed by atoms with Crippen LogP contribution in [0.1, 0.15) is 13.8 Å². The summed E-state index contributed by atoms with van der Waals surface area (Å²) in [5.41, 5.74) is -0.232. The van der Waals surface area contributed by atoms with E-state index in [2.05, 4.69) is 36.5 Å². The number of ether oxygens (including phenoxy) is 1. The number of aromatic nitrogens is 2. The van der Waals surface area contributed by atoms with Gasteiger partial charge in [-0.1, -0.05) is 0 Å². The number of hydrogen-bond acceptors (Lipinski definition) is 5. The molecule has 1 heterocycles. The molecule has 0 atom stereocenters. The van der Waals surface area contributed by atoms with Crippen molar-refractivity contribution in [2.45, 2.75) is 19.4 Å². The van der Waals surface area contributed by atoms with Crippen molar-refractivity contribution in [3.8, 4) is 0 Å². The van der Waals surface area contributed by atoms with Crippen LogP contribution < -0.4 is 10.6 Å². The van der Waals surface area contributed by atoms with Gasteiger partial charge in [0.05, 0.1) is 10.1 Å². The number of nitrogens with zero attached hydrogens (tertiary/aromatic N) is 2. The maximum absolute atomic E-state index is 5.32. The summed E-state index contributed by atoms with van der Waals surface area (Å²) >= 11 is 3.39. The van der Waals surface area contributed by atoms with E-state index in [1.165, 1.54) is 0 Å². The smallest absolute Gasteiger partial charge is 0.224 e. The Balaban J connectivity index is 2.73. The third-order valence-electron chi connectivity index (χ3n) is 2.20. The number of nitrogens with one attached hydrogen (secondary N) is 2. The summed E-state index contributed by atoms with van der Waals surface area (Å²) in [5.74, 6) is 1.34. The molecular weight excluding hydrogens is 272 g/mol. The molecule has 0 saturated heterocycles. The topological polar surface area (TPSA) is 59.1 Å². The first-order chi connectivity index (χ1) is 7.48. The molecule has 0 unspecified atom stereocenters. The van der Waals surface area contributed by atoms with Crippen LogP contribution in [0.2, 0.25) is 0 Å². The van der Waals surface area contributed by atoms with Gasteiger partial charge in [0, 0.05) is 26.9 Å². The molecule has 90 valence electrons. The minimum Gasteiger partial charge on any atom is -0.377 e. The van der Waals surface area contributed by atoms with Crippen molar-refractivity contribution in [3.05, 3.63) is 10.7 Å². The lowest BCUT2D eigenvalue weighted by Gasteiger charge is -2.23. The fourth-order valence-electron chi connectivity index (χ4n) is 0.980. The molecular formula is C10H17BrN4O. The van der Waals surface area contributed by atoms with Crippen molar-refractivity contribution >= 4 is 27.7 Å². The molecule has 0 aliphatic rings. The van der Waals surface area contributed by atoms with E-state index >= 15 is 0 Å². The number of halogens is 1. The molecule has 0 aliphatic carbocycles. The summed E-state index contributed by atoms with van der Waals surface area (Å²) in [4.78, 5) is 8.37. The fraction of sp³-hybridized carbons (Fsp3) is 0.600. The van der Waals surface area contributed by atoms with Gasteiger partial charge in [-0.25, -0.2) is 4.98 Å². The van der Waals surface area contributed by atoms with Gasteiger partial charge in [0.15, 0.2) is 0 Å². The van der Waals surface area contributed by atoms with Gasteiger partial charge >= 0.3 is 0 Å². The van der Waals surface area contributed by atoms with Crippen LogP contribution in [-0.4, -0.2) is 36.3 Å². The van der Waals surface area contributed by atoms with Crippen LogP contribution in [0.5, 0.6) is 0 Å². The Kier molecular flexibility index (Phi) is 4.49. The maximum Gasteiger partial charge on any atom is 0.224 e. The minimum absolute atomic E-state index is 0.232. The summed E-state index contributed by atoms with van der Waals surface area (Å²) in [6.07, 6.45) is 1.71. The van der Waals surface area contributed by atoms with Crippen LogP contribution in [0.4, 0.5) is 11.8 Å². The molecule has 1 rings (SSSR count). The average molecular weight is 289 g/mol. The quantitative estimate of drug-likeness (QED) is 0.869. The zero-order valence-electron chi connectivity index (χ0n) is 9.97. The molecule has 0 amide bonds. The van der Waals surface area contributed by atoms with Crippen molar-refractivity contribution in [2.75, 3.05) is 31.3 Å². The van der Waals surface area contributed by atoms with Crippen LogP contribution in [-0.2, 0) is 4.74 Å². The Bertz CT molecular complexity index is 357. The van der Waals surface area contributed by atoms with Gasteiger partial charge in [0.2, 0.25) is 5.95 Å². The molecule has 6 heteroatoms. The predicted molar refractivity (Wildman–Crippen MR) is 68.9 cm³/mol. The zero-order valence-corrected chi connectivity index (χ0v) is 11.6. The molecule has 16 heavy (non-hydrogen) atoms. The van der Waals surface area contributed by atoms with E-state index in [-0.39, 0.29) is 5.60 Å². The summed E-state index contributed by atoms with van der Waals surface area (Å²) in [6.45, 7) is 4.68. The molecule has 1 aromatic heterocycles. The highest BCUT2D eigenvalue weighted by atomic mass is 79.9. The lowest BCUT2D eigenvalue weighted by Crippen LogP contribution is -2.32. The number of hydrogen-bond donors (Lipinski definition) is 2. The van der Waals surface area contributed by atoms with E-state index in [4.69, 9.17) is 4.74 Å². The Labute approximate surface area is 104 Å². The van der Waals surface area contributed by atoms with Crippen LogP contribution in [0.25, 0.3) is 0 Å². The molecule has 0 fully saturated rings. The van der Waals surface area contributed by atoms with E-state index in [9.17, 15) is 0 Å². The standard InChI is InChI=1S/C10H17BrN4O/c1-10(2,16-4)6-14-8-7(11)5-13-9(12-3)15-8/h5H,6H2,1-4H3,(H2,12,13,14,15). The Morgan fingerprint density at radius 2 is 2.19 bits per heavy atom. The van der Waals surface area contributed by atoms with Crippen LogP contribution >= 0.6 is 15.9 Å². The van der Waals surface area contributed by atoms with Gasteiger partial charge in [0.25, 0.3) is 0 Å². The highest BCUT2D eigenvalue weighted by Crippen LogP contribution is 2.21. The van der Waals surface area contributed by atoms with Gasteiger partial charge in [-0.05, 0) is 29.8 Å². The first-order valence-corrected chi connectivity index (χ1v) is 5.77. The highest BCUT2D eigenvalue weighted by Gasteiger charge is 2.16. The molecule has 0 bridgehead atoms. The van der Waals surface area contributed by atoms with E-state index in [1.807, 2.05) is 13.8 Å². The van der Waals surface area contributed by atoms with Crippen molar-refractivity contribution in [1.82, 2.24) is 9.97 Å². The van der Waals surface area contributed by atoms with Gasteiger partial charge in [-0.2, -0.15) is 4.98 Å². The van der Waals surface area contributed by atoms with Gasteiger partial charge in [-0.3, -0.25) is 0 Å². The molecule has 0 spiro atoms. The van der Waals surface area contributed by atoms with Crippen molar-refractivity contribution in [1.29, 1.82) is 0 Å². The molecule has 1 aromatic rings. The first kappa shape index (κ1) is 13.2. The lowest BCUT2D eigenvalue weighted by atomic mass is 10.1. The Morgan fingerprint density at radius 3 is 2.75 bits per heavy atom. The van der Waals surface area contributed by atoms with Crippen LogP contribution in [0.3, 0.4) is 0 Å². The lowest BCUT2D eigenvalue weighted by molar-refractivity contribution is 0.0343. The average Bonchev–Trinajstić information content (AvgIpc) is 2.28. The number of rotatable bonds is 5. The highest BCUT2D eigenvalue weighted by molar-refractivity contribution is 9.10. The number of anilines is 2. The summed E-state index contributed by atoms with van der Waals surface area (Å²) in [5, 5.41) is 6.11. The summed E-state index contributed by atoms with van der Waals surface area (Å²) in [6, 6.07) is 0. The van der Waals surface area contributed by atoms with Crippen molar-refractivity contribution in [3.63, 3.8) is 0 Å². The van der Waals surface area contributed by atoms with E-state index in [0.717, 1.165) is 10.3 Å². The molecule has 0 aliphatic heterocycles. The second-order valence-corrected chi connectivity index (χ2v) is 4.81. The monoisotopic (exact) mass is 288 g/mol. The second kappa shape index (κ2) is 5.45. The van der Waals surface area contributed by atoms with Crippen molar-refractivity contribution < 1.29 is 4.74 Å².